The monoisotopic (exact) mass is 310 g/mol. The summed E-state index contributed by atoms with van der Waals surface area (Å²) in [5, 5.41) is 0. The maximum Gasteiger partial charge on any atom is 0.144 e. The van der Waals surface area contributed by atoms with Crippen molar-refractivity contribution in [2.45, 2.75) is 31.5 Å². The number of aromatic nitrogens is 1. The van der Waals surface area contributed by atoms with Crippen molar-refractivity contribution in [3.05, 3.63) is 54.4 Å². The summed E-state index contributed by atoms with van der Waals surface area (Å²) in [6.45, 7) is 10.3. The fourth-order valence-corrected chi connectivity index (χ4v) is 4.53. The van der Waals surface area contributed by atoms with Crippen molar-refractivity contribution in [2.24, 2.45) is 11.8 Å². The van der Waals surface area contributed by atoms with Crippen molar-refractivity contribution in [1.82, 2.24) is 9.88 Å². The molecule has 3 fully saturated rings. The van der Waals surface area contributed by atoms with E-state index in [1.807, 2.05) is 12.3 Å². The first-order valence-electron chi connectivity index (χ1n) is 8.53. The Kier molecular flexibility index (Phi) is 3.68. The van der Waals surface area contributed by atoms with Crippen LogP contribution >= 0.6 is 0 Å². The van der Waals surface area contributed by atoms with Gasteiger partial charge in [-0.1, -0.05) is 12.7 Å². The summed E-state index contributed by atoms with van der Waals surface area (Å²) < 4.78 is 14.0. The highest BCUT2D eigenvalue weighted by Crippen LogP contribution is 2.39. The van der Waals surface area contributed by atoms with Crippen LogP contribution in [0.5, 0.6) is 0 Å². The van der Waals surface area contributed by atoms with Gasteiger partial charge < -0.3 is 0 Å². The molecule has 120 valence electrons. The smallest absolute Gasteiger partial charge is 0.144 e. The Morgan fingerprint density at radius 1 is 1.43 bits per heavy atom. The molecule has 0 radical (unpaired) electrons. The number of piperidine rings is 3. The van der Waals surface area contributed by atoms with E-state index >= 15 is 0 Å². The van der Waals surface area contributed by atoms with E-state index in [1.54, 1.807) is 12.2 Å². The number of pyridine rings is 1. The minimum atomic E-state index is -1.08. The zero-order valence-corrected chi connectivity index (χ0v) is 13.4. The van der Waals surface area contributed by atoms with Gasteiger partial charge in [-0.05, 0) is 67.0 Å². The number of fused-ring (bicyclic) bond motifs is 4. The molecule has 4 aliphatic rings. The summed E-state index contributed by atoms with van der Waals surface area (Å²) in [5.74, 6) is 1.40. The lowest BCUT2D eigenvalue weighted by Crippen LogP contribution is -2.53. The molecule has 4 heterocycles. The molecule has 1 aromatic heterocycles. The Bertz CT molecular complexity index is 678. The molecule has 0 saturated carbocycles. The van der Waals surface area contributed by atoms with Gasteiger partial charge in [0.1, 0.15) is 6.17 Å². The van der Waals surface area contributed by atoms with Crippen molar-refractivity contribution < 1.29 is 4.39 Å². The third kappa shape index (κ3) is 2.47. The van der Waals surface area contributed by atoms with Crippen LogP contribution in [0.15, 0.2) is 37.6 Å². The zero-order valence-electron chi connectivity index (χ0n) is 13.4. The molecule has 3 aliphatic heterocycles. The van der Waals surface area contributed by atoms with E-state index < -0.39 is 6.17 Å². The van der Waals surface area contributed by atoms with Gasteiger partial charge in [-0.3, -0.25) is 9.88 Å². The molecule has 0 N–H and O–H groups in total. The van der Waals surface area contributed by atoms with Crippen LogP contribution in [0, 0.1) is 11.8 Å². The largest absolute Gasteiger partial charge is 0.299 e. The Morgan fingerprint density at radius 3 is 3.04 bits per heavy atom. The maximum atomic E-state index is 14.0. The summed E-state index contributed by atoms with van der Waals surface area (Å²) in [4.78, 5) is 6.98. The fraction of sp³-hybridized carbons (Fsp3) is 0.450. The van der Waals surface area contributed by atoms with Crippen LogP contribution in [0.3, 0.4) is 0 Å². The quantitative estimate of drug-likeness (QED) is 0.787. The van der Waals surface area contributed by atoms with Crippen molar-refractivity contribution >= 4 is 11.6 Å². The van der Waals surface area contributed by atoms with Gasteiger partial charge in [0, 0.05) is 24.3 Å². The zero-order chi connectivity index (χ0) is 16.0. The van der Waals surface area contributed by atoms with Gasteiger partial charge in [-0.25, -0.2) is 4.39 Å². The highest BCUT2D eigenvalue weighted by molar-refractivity contribution is 5.81. The van der Waals surface area contributed by atoms with Gasteiger partial charge >= 0.3 is 0 Å². The molecule has 0 amide bonds. The normalized spacial score (nSPS) is 35.2. The van der Waals surface area contributed by atoms with Crippen LogP contribution < -0.4 is 0 Å². The summed E-state index contributed by atoms with van der Waals surface area (Å²) >= 11 is 0. The summed E-state index contributed by atoms with van der Waals surface area (Å²) in [6, 6.07) is 2.60. The van der Waals surface area contributed by atoms with Gasteiger partial charge in [-0.15, -0.1) is 6.58 Å². The standard InChI is InChI=1S/C20H23FN2/c1-3-14-12-23-9-7-15(14)10-17(23)11-16-6-8-22-19-5-4-18(21)13(2)20(16)19/h3-6,8,14-15,17-18H,1-2,7,9-12H2. The third-order valence-electron chi connectivity index (χ3n) is 5.83. The minimum absolute atomic E-state index is 0.549. The van der Waals surface area contributed by atoms with Gasteiger partial charge in [0.05, 0.1) is 5.69 Å². The molecule has 0 aromatic carbocycles. The van der Waals surface area contributed by atoms with E-state index in [-0.39, 0.29) is 0 Å². The van der Waals surface area contributed by atoms with Gasteiger partial charge in [0.2, 0.25) is 0 Å². The van der Waals surface area contributed by atoms with Gasteiger partial charge in [0.25, 0.3) is 0 Å². The van der Waals surface area contributed by atoms with E-state index in [0.717, 1.165) is 30.1 Å². The van der Waals surface area contributed by atoms with E-state index in [2.05, 4.69) is 29.1 Å². The average molecular weight is 310 g/mol. The van der Waals surface area contributed by atoms with Crippen LogP contribution in [-0.2, 0) is 6.42 Å². The van der Waals surface area contributed by atoms with Gasteiger partial charge in [0.15, 0.2) is 0 Å². The number of halogens is 1. The van der Waals surface area contributed by atoms with Crippen molar-refractivity contribution in [3.8, 4) is 0 Å². The lowest BCUT2D eigenvalue weighted by molar-refractivity contribution is 0.0195. The molecule has 23 heavy (non-hydrogen) atoms. The van der Waals surface area contributed by atoms with E-state index in [1.165, 1.54) is 24.9 Å². The molecule has 1 aliphatic carbocycles. The summed E-state index contributed by atoms with van der Waals surface area (Å²) in [5.41, 5.74) is 3.55. The molecule has 1 aromatic rings. The third-order valence-corrected chi connectivity index (χ3v) is 5.83. The first kappa shape index (κ1) is 14.8. The van der Waals surface area contributed by atoms with Crippen LogP contribution in [0.2, 0.25) is 0 Å². The number of hydrogen-bond acceptors (Lipinski definition) is 2. The van der Waals surface area contributed by atoms with Crippen molar-refractivity contribution in [3.63, 3.8) is 0 Å². The second kappa shape index (κ2) is 5.72. The van der Waals surface area contributed by atoms with Crippen LogP contribution in [0.1, 0.15) is 29.7 Å². The van der Waals surface area contributed by atoms with Gasteiger partial charge in [-0.2, -0.15) is 0 Å². The topological polar surface area (TPSA) is 16.1 Å². The molecule has 0 spiro atoms. The van der Waals surface area contributed by atoms with Crippen LogP contribution in [0.25, 0.3) is 11.6 Å². The summed E-state index contributed by atoms with van der Waals surface area (Å²) in [6.07, 6.45) is 9.68. The van der Waals surface area contributed by atoms with Crippen LogP contribution in [0.4, 0.5) is 4.39 Å². The molecule has 5 rings (SSSR count). The lowest BCUT2D eigenvalue weighted by atomic mass is 9.74. The molecular formula is C20H23FN2. The van der Waals surface area contributed by atoms with E-state index in [9.17, 15) is 4.39 Å². The number of nitrogens with zero attached hydrogens (tertiary/aromatic N) is 2. The molecule has 3 heteroatoms. The SMILES string of the molecule is C=CC1CN2CCC1CC2Cc1ccnc2c1C(=C)C(F)C=C2. The molecule has 3 saturated heterocycles. The Hall–Kier alpha value is -1.74. The van der Waals surface area contributed by atoms with Crippen LogP contribution in [-0.4, -0.2) is 35.2 Å². The second-order valence-electron chi connectivity index (χ2n) is 7.05. The molecular weight excluding hydrogens is 287 g/mol. The highest BCUT2D eigenvalue weighted by atomic mass is 19.1. The number of hydrogen-bond donors (Lipinski definition) is 0. The van der Waals surface area contributed by atoms with Crippen molar-refractivity contribution in [2.75, 3.05) is 13.1 Å². The van der Waals surface area contributed by atoms with E-state index in [4.69, 9.17) is 0 Å². The summed E-state index contributed by atoms with van der Waals surface area (Å²) in [7, 11) is 0. The number of rotatable bonds is 3. The predicted molar refractivity (Wildman–Crippen MR) is 92.7 cm³/mol. The Labute approximate surface area is 137 Å². The second-order valence-corrected chi connectivity index (χ2v) is 7.05. The van der Waals surface area contributed by atoms with E-state index in [0.29, 0.717) is 17.5 Å². The first-order valence-corrected chi connectivity index (χ1v) is 8.53. The molecule has 2 bridgehead atoms. The first-order chi connectivity index (χ1) is 11.2. The number of alkyl halides is 1. The average Bonchev–Trinajstić information content (AvgIpc) is 2.59. The molecule has 5 atom stereocenters. The molecule has 2 nitrogen and oxygen atoms in total. The highest BCUT2D eigenvalue weighted by Gasteiger charge is 2.39. The van der Waals surface area contributed by atoms with Crippen molar-refractivity contribution in [1.29, 1.82) is 0 Å². The maximum absolute atomic E-state index is 14.0. The fourth-order valence-electron chi connectivity index (χ4n) is 4.53. The number of allylic oxidation sites excluding steroid dienone is 2. The Balaban J connectivity index is 1.61. The Morgan fingerprint density at radius 2 is 2.30 bits per heavy atom. The minimum Gasteiger partial charge on any atom is -0.299 e. The lowest BCUT2D eigenvalue weighted by Gasteiger charge is -2.49. The molecule has 5 unspecified atom stereocenters. The predicted octanol–water partition coefficient (Wildman–Crippen LogP) is 3.90.